The van der Waals surface area contributed by atoms with E-state index in [1.54, 1.807) is 13.8 Å². The van der Waals surface area contributed by atoms with Crippen molar-refractivity contribution in [2.24, 2.45) is 28.6 Å². The lowest BCUT2D eigenvalue weighted by Gasteiger charge is -2.63. The van der Waals surface area contributed by atoms with E-state index >= 15 is 8.78 Å². The van der Waals surface area contributed by atoms with E-state index in [4.69, 9.17) is 14.2 Å². The summed E-state index contributed by atoms with van der Waals surface area (Å²) >= 11 is 0. The molecule has 3 saturated carbocycles. The van der Waals surface area contributed by atoms with E-state index in [9.17, 15) is 24.3 Å². The molecule has 1 N–H and O–H groups in total. The number of aliphatic hydroxyl groups excluding tert-OH is 1. The van der Waals surface area contributed by atoms with E-state index in [1.807, 2.05) is 13.8 Å². The van der Waals surface area contributed by atoms with Gasteiger partial charge in [-0.1, -0.05) is 53.0 Å². The van der Waals surface area contributed by atoms with Crippen molar-refractivity contribution >= 4 is 23.7 Å². The fraction of sp³-hybridized carbons (Fsp3) is 0.758. The molecule has 8 nitrogen and oxygen atoms in total. The number of ketones is 2. The Labute approximate surface area is 252 Å². The number of carbonyl (C=O) groups is 4. The second kappa shape index (κ2) is 12.4. The number of esters is 1. The average molecular weight is 609 g/mol. The standard InChI is InChI=1S/C33H46F2O8/c1-6-8-10-14-41-29(40)43-33(27(38)19-42-28(39)11-9-7-2)20(3)15-22-23-17-25(34)24-16-21(36)12-13-30(24,4)32(23,35)26(37)18-31(22,33)5/h12-13,16,20,22-23,25-26,37H,6-11,14-15,17-19H2,1-5H3/t20-,22+,23+,25+,26+,30+,31+,32+,33+/m1/s1. The maximum absolute atomic E-state index is 17.6. The Bertz CT molecular complexity index is 1180. The zero-order chi connectivity index (χ0) is 31.8. The second-order valence-corrected chi connectivity index (χ2v) is 13.3. The molecule has 4 aliphatic carbocycles. The Hall–Kier alpha value is -2.62. The summed E-state index contributed by atoms with van der Waals surface area (Å²) in [7, 11) is 0. The molecule has 4 rings (SSSR count). The van der Waals surface area contributed by atoms with Crippen LogP contribution in [0.25, 0.3) is 0 Å². The van der Waals surface area contributed by atoms with Crippen molar-refractivity contribution in [3.63, 3.8) is 0 Å². The molecule has 3 fully saturated rings. The van der Waals surface area contributed by atoms with Crippen LogP contribution in [-0.2, 0) is 28.6 Å². The van der Waals surface area contributed by atoms with Crippen molar-refractivity contribution in [3.05, 3.63) is 23.8 Å². The summed E-state index contributed by atoms with van der Waals surface area (Å²) in [5.74, 6) is -4.12. The van der Waals surface area contributed by atoms with Gasteiger partial charge in [-0.2, -0.15) is 0 Å². The fourth-order valence-corrected chi connectivity index (χ4v) is 8.71. The van der Waals surface area contributed by atoms with Crippen molar-refractivity contribution in [1.82, 2.24) is 0 Å². The molecular formula is C33H46F2O8. The highest BCUT2D eigenvalue weighted by atomic mass is 19.1. The number of hydrogen-bond donors (Lipinski definition) is 1. The highest BCUT2D eigenvalue weighted by molar-refractivity contribution is 6.01. The fourth-order valence-electron chi connectivity index (χ4n) is 8.71. The molecule has 0 aromatic rings. The van der Waals surface area contributed by atoms with Crippen LogP contribution in [-0.4, -0.2) is 65.6 Å². The average Bonchev–Trinajstić information content (AvgIpc) is 3.17. The Morgan fingerprint density at radius 2 is 1.74 bits per heavy atom. The minimum atomic E-state index is -2.35. The first-order valence-electron chi connectivity index (χ1n) is 15.7. The summed E-state index contributed by atoms with van der Waals surface area (Å²) in [5.41, 5.74) is -7.20. The predicted molar refractivity (Wildman–Crippen MR) is 153 cm³/mol. The number of alkyl halides is 2. The molecule has 9 atom stereocenters. The number of aliphatic hydroxyl groups is 1. The zero-order valence-electron chi connectivity index (χ0n) is 26.0. The number of hydrogen-bond acceptors (Lipinski definition) is 8. The summed E-state index contributed by atoms with van der Waals surface area (Å²) in [4.78, 5) is 51.7. The van der Waals surface area contributed by atoms with Crippen LogP contribution in [0.2, 0.25) is 0 Å². The monoisotopic (exact) mass is 608 g/mol. The lowest BCUT2D eigenvalue weighted by atomic mass is 9.44. The van der Waals surface area contributed by atoms with Crippen molar-refractivity contribution in [3.8, 4) is 0 Å². The minimum absolute atomic E-state index is 0.000636. The molecular weight excluding hydrogens is 562 g/mol. The lowest BCUT2D eigenvalue weighted by Crippen LogP contribution is -2.71. The molecule has 240 valence electrons. The van der Waals surface area contributed by atoms with Gasteiger partial charge in [0.1, 0.15) is 6.17 Å². The third-order valence-corrected chi connectivity index (χ3v) is 10.9. The number of halogens is 2. The van der Waals surface area contributed by atoms with Crippen LogP contribution < -0.4 is 0 Å². The summed E-state index contributed by atoms with van der Waals surface area (Å²) < 4.78 is 50.0. The normalized spacial score (nSPS) is 39.7. The number of Topliss-reactive ketones (excluding diaryl/α,β-unsaturated/α-hetero) is 1. The van der Waals surface area contributed by atoms with Crippen LogP contribution in [0, 0.1) is 28.6 Å². The molecule has 0 heterocycles. The van der Waals surface area contributed by atoms with E-state index in [-0.39, 0.29) is 37.9 Å². The first-order chi connectivity index (χ1) is 20.2. The minimum Gasteiger partial charge on any atom is -0.457 e. The number of carbonyl (C=O) groups excluding carboxylic acids is 4. The van der Waals surface area contributed by atoms with E-state index in [1.165, 1.54) is 19.1 Å². The van der Waals surface area contributed by atoms with Gasteiger partial charge < -0.3 is 19.3 Å². The summed E-state index contributed by atoms with van der Waals surface area (Å²) in [6.07, 6.45) is 2.69. The molecule has 4 aliphatic rings. The number of unbranched alkanes of at least 4 members (excludes halogenated alkanes) is 3. The lowest BCUT2D eigenvalue weighted by molar-refractivity contribution is -0.226. The van der Waals surface area contributed by atoms with Crippen LogP contribution in [0.5, 0.6) is 0 Å². The maximum Gasteiger partial charge on any atom is 0.509 e. The molecule has 0 bridgehead atoms. The summed E-state index contributed by atoms with van der Waals surface area (Å²) in [6.45, 7) is 8.22. The van der Waals surface area contributed by atoms with Gasteiger partial charge >= 0.3 is 12.1 Å². The zero-order valence-corrected chi connectivity index (χ0v) is 26.0. The number of allylic oxidation sites excluding steroid dienone is 4. The van der Waals surface area contributed by atoms with Crippen molar-refractivity contribution < 1.29 is 47.3 Å². The second-order valence-electron chi connectivity index (χ2n) is 13.3. The van der Waals surface area contributed by atoms with E-state index < -0.39 is 82.4 Å². The van der Waals surface area contributed by atoms with Crippen LogP contribution >= 0.6 is 0 Å². The van der Waals surface area contributed by atoms with Gasteiger partial charge in [0, 0.05) is 29.1 Å². The number of ether oxygens (including phenoxy) is 3. The van der Waals surface area contributed by atoms with Crippen molar-refractivity contribution in [2.45, 2.75) is 116 Å². The molecule has 0 aromatic heterocycles. The van der Waals surface area contributed by atoms with Gasteiger partial charge in [0.15, 0.2) is 23.7 Å². The van der Waals surface area contributed by atoms with E-state index in [0.29, 0.717) is 12.8 Å². The van der Waals surface area contributed by atoms with Crippen molar-refractivity contribution in [2.75, 3.05) is 13.2 Å². The molecule has 0 aliphatic heterocycles. The van der Waals surface area contributed by atoms with Gasteiger partial charge in [-0.15, -0.1) is 0 Å². The first-order valence-corrected chi connectivity index (χ1v) is 15.7. The third-order valence-electron chi connectivity index (χ3n) is 10.9. The molecule has 0 saturated heterocycles. The molecule has 0 spiro atoms. The topological polar surface area (TPSA) is 116 Å². The quantitative estimate of drug-likeness (QED) is 0.227. The van der Waals surface area contributed by atoms with Crippen LogP contribution in [0.15, 0.2) is 23.8 Å². The number of rotatable bonds is 11. The van der Waals surface area contributed by atoms with Crippen LogP contribution in [0.3, 0.4) is 0 Å². The highest BCUT2D eigenvalue weighted by Gasteiger charge is 2.78. The summed E-state index contributed by atoms with van der Waals surface area (Å²) in [5, 5.41) is 11.7. The van der Waals surface area contributed by atoms with Gasteiger partial charge in [-0.25, -0.2) is 13.6 Å². The largest absolute Gasteiger partial charge is 0.509 e. The van der Waals surface area contributed by atoms with Gasteiger partial charge in [0.2, 0.25) is 5.78 Å². The van der Waals surface area contributed by atoms with Gasteiger partial charge in [0.05, 0.1) is 12.7 Å². The molecule has 0 unspecified atom stereocenters. The molecule has 0 amide bonds. The Morgan fingerprint density at radius 1 is 1.05 bits per heavy atom. The predicted octanol–water partition coefficient (Wildman–Crippen LogP) is 5.94. The molecule has 10 heteroatoms. The molecule has 0 aromatic carbocycles. The smallest absolute Gasteiger partial charge is 0.457 e. The molecule has 0 radical (unpaired) electrons. The first kappa shape index (κ1) is 33.3. The van der Waals surface area contributed by atoms with Gasteiger partial charge in [0.25, 0.3) is 0 Å². The third kappa shape index (κ3) is 5.25. The van der Waals surface area contributed by atoms with Crippen LogP contribution in [0.4, 0.5) is 13.6 Å². The maximum atomic E-state index is 17.6. The SMILES string of the molecule is CCCCCOC(=O)O[C@]1(C(=O)COC(=O)CCCC)[C@H](C)C[C@H]2[C@@H]3C[C@H](F)C4=CC(=O)C=C[C@]4(C)[C@@]3(F)[C@@H](O)C[C@@]21C. The van der Waals surface area contributed by atoms with Gasteiger partial charge in [-0.3, -0.25) is 14.4 Å². The van der Waals surface area contributed by atoms with E-state index in [0.717, 1.165) is 25.3 Å². The number of fused-ring (bicyclic) bond motifs is 5. The van der Waals surface area contributed by atoms with Crippen molar-refractivity contribution in [1.29, 1.82) is 0 Å². The van der Waals surface area contributed by atoms with Gasteiger partial charge in [-0.05, 0) is 62.7 Å². The Morgan fingerprint density at radius 3 is 2.42 bits per heavy atom. The summed E-state index contributed by atoms with van der Waals surface area (Å²) in [6, 6.07) is 0. The van der Waals surface area contributed by atoms with Crippen LogP contribution in [0.1, 0.15) is 92.4 Å². The van der Waals surface area contributed by atoms with E-state index in [2.05, 4.69) is 0 Å². The Balaban J connectivity index is 1.73. The Kier molecular flexibility index (Phi) is 9.60. The molecule has 43 heavy (non-hydrogen) atoms. The highest BCUT2D eigenvalue weighted by Crippen LogP contribution is 2.71.